The fourth-order valence-corrected chi connectivity index (χ4v) is 3.19. The van der Waals surface area contributed by atoms with Crippen LogP contribution in [0.4, 0.5) is 0 Å². The van der Waals surface area contributed by atoms with Crippen molar-refractivity contribution in [1.82, 2.24) is 15.1 Å². The maximum Gasteiger partial charge on any atom is 0.119 e. The maximum absolute atomic E-state index is 5.54. The molecule has 1 saturated heterocycles. The molecule has 1 aromatic carbocycles. The molecule has 0 aliphatic carbocycles. The van der Waals surface area contributed by atoms with Crippen LogP contribution in [0.2, 0.25) is 0 Å². The van der Waals surface area contributed by atoms with Gasteiger partial charge in [0.25, 0.3) is 0 Å². The summed E-state index contributed by atoms with van der Waals surface area (Å²) < 4.78 is 5.54. The van der Waals surface area contributed by atoms with Crippen molar-refractivity contribution in [3.05, 3.63) is 29.8 Å². The van der Waals surface area contributed by atoms with Gasteiger partial charge in [0.1, 0.15) is 5.75 Å². The average molecular weight is 291 g/mol. The molecular formula is C17H29N3O. The van der Waals surface area contributed by atoms with E-state index in [9.17, 15) is 0 Å². The van der Waals surface area contributed by atoms with E-state index < -0.39 is 0 Å². The van der Waals surface area contributed by atoms with Gasteiger partial charge in [-0.3, -0.25) is 0 Å². The van der Waals surface area contributed by atoms with Gasteiger partial charge in [0, 0.05) is 18.6 Å². The highest BCUT2D eigenvalue weighted by atomic mass is 16.5. The van der Waals surface area contributed by atoms with E-state index in [1.165, 1.54) is 18.5 Å². The Hall–Kier alpha value is -1.10. The Kier molecular flexibility index (Phi) is 6.03. The Bertz CT molecular complexity index is 421. The third-order valence-electron chi connectivity index (χ3n) is 4.36. The molecule has 1 aromatic rings. The summed E-state index contributed by atoms with van der Waals surface area (Å²) in [5.41, 5.74) is 1.33. The molecule has 0 aromatic heterocycles. The van der Waals surface area contributed by atoms with Crippen LogP contribution in [0.5, 0.6) is 5.75 Å². The SMILES string of the molecule is CCOc1ccc(C(NC)C2CN(C)CCCN2C)cc1. The molecule has 0 spiro atoms. The van der Waals surface area contributed by atoms with Gasteiger partial charge in [-0.1, -0.05) is 12.1 Å². The van der Waals surface area contributed by atoms with E-state index in [1.54, 1.807) is 0 Å². The van der Waals surface area contributed by atoms with E-state index >= 15 is 0 Å². The lowest BCUT2D eigenvalue weighted by atomic mass is 9.98. The van der Waals surface area contributed by atoms with E-state index in [-0.39, 0.29) is 0 Å². The van der Waals surface area contributed by atoms with Crippen LogP contribution in [0.3, 0.4) is 0 Å². The lowest BCUT2D eigenvalue weighted by Crippen LogP contribution is -2.46. The topological polar surface area (TPSA) is 27.7 Å². The minimum absolute atomic E-state index is 0.339. The lowest BCUT2D eigenvalue weighted by Gasteiger charge is -2.34. The second-order valence-corrected chi connectivity index (χ2v) is 5.93. The first-order chi connectivity index (χ1) is 10.2. The third kappa shape index (κ3) is 4.19. The van der Waals surface area contributed by atoms with E-state index in [1.807, 2.05) is 6.92 Å². The number of hydrogen-bond donors (Lipinski definition) is 1. The molecular weight excluding hydrogens is 262 g/mol. The Balaban J connectivity index is 2.16. The second-order valence-electron chi connectivity index (χ2n) is 5.93. The number of rotatable bonds is 5. The van der Waals surface area contributed by atoms with Gasteiger partial charge >= 0.3 is 0 Å². The Morgan fingerprint density at radius 2 is 1.95 bits per heavy atom. The molecule has 21 heavy (non-hydrogen) atoms. The minimum Gasteiger partial charge on any atom is -0.494 e. The highest BCUT2D eigenvalue weighted by Gasteiger charge is 2.28. The summed E-state index contributed by atoms with van der Waals surface area (Å²) in [6.07, 6.45) is 1.24. The zero-order chi connectivity index (χ0) is 15.2. The molecule has 1 aliphatic heterocycles. The standard InChI is InChI=1S/C17H29N3O/c1-5-21-15-9-7-14(8-10-15)17(18-2)16-13-19(3)11-6-12-20(16)4/h7-10,16-18H,5-6,11-13H2,1-4H3. The molecule has 1 fully saturated rings. The molecule has 1 aliphatic rings. The molecule has 1 N–H and O–H groups in total. The first kappa shape index (κ1) is 16.3. The van der Waals surface area contributed by atoms with Gasteiger partial charge in [0.05, 0.1) is 6.61 Å². The van der Waals surface area contributed by atoms with Crippen molar-refractivity contribution in [3.63, 3.8) is 0 Å². The normalized spacial score (nSPS) is 22.8. The van der Waals surface area contributed by atoms with Crippen LogP contribution in [0, 0.1) is 0 Å². The zero-order valence-corrected chi connectivity index (χ0v) is 13.8. The van der Waals surface area contributed by atoms with Gasteiger partial charge in [0.2, 0.25) is 0 Å². The first-order valence-electron chi connectivity index (χ1n) is 7.94. The fourth-order valence-electron chi connectivity index (χ4n) is 3.19. The molecule has 2 unspecified atom stereocenters. The van der Waals surface area contributed by atoms with Crippen LogP contribution in [-0.4, -0.2) is 63.2 Å². The van der Waals surface area contributed by atoms with Crippen LogP contribution in [0.15, 0.2) is 24.3 Å². The van der Waals surface area contributed by atoms with Crippen molar-refractivity contribution in [2.45, 2.75) is 25.4 Å². The van der Waals surface area contributed by atoms with Crippen molar-refractivity contribution in [2.24, 2.45) is 0 Å². The zero-order valence-electron chi connectivity index (χ0n) is 13.8. The quantitative estimate of drug-likeness (QED) is 0.898. The molecule has 0 radical (unpaired) electrons. The lowest BCUT2D eigenvalue weighted by molar-refractivity contribution is 0.182. The molecule has 4 heteroatoms. The van der Waals surface area contributed by atoms with E-state index in [2.05, 4.69) is 60.5 Å². The number of nitrogens with zero attached hydrogens (tertiary/aromatic N) is 2. The van der Waals surface area contributed by atoms with E-state index in [0.29, 0.717) is 18.7 Å². The van der Waals surface area contributed by atoms with Gasteiger partial charge in [-0.2, -0.15) is 0 Å². The molecule has 2 atom stereocenters. The summed E-state index contributed by atoms with van der Waals surface area (Å²) in [5, 5.41) is 3.51. The highest BCUT2D eigenvalue weighted by molar-refractivity contribution is 5.30. The summed E-state index contributed by atoms with van der Waals surface area (Å²) in [6, 6.07) is 9.34. The summed E-state index contributed by atoms with van der Waals surface area (Å²) in [7, 11) is 6.51. The van der Waals surface area contributed by atoms with Gasteiger partial charge in [-0.05, 0) is 65.3 Å². The van der Waals surface area contributed by atoms with Gasteiger partial charge < -0.3 is 19.9 Å². The summed E-state index contributed by atoms with van der Waals surface area (Å²) >= 11 is 0. The predicted molar refractivity (Wildman–Crippen MR) is 87.9 cm³/mol. The molecule has 118 valence electrons. The maximum atomic E-state index is 5.54. The molecule has 0 amide bonds. The molecule has 1 heterocycles. The van der Waals surface area contributed by atoms with E-state index in [0.717, 1.165) is 18.8 Å². The summed E-state index contributed by atoms with van der Waals surface area (Å²) in [6.45, 7) is 6.16. The van der Waals surface area contributed by atoms with Gasteiger partial charge in [-0.15, -0.1) is 0 Å². The predicted octanol–water partition coefficient (Wildman–Crippen LogP) is 1.98. The smallest absolute Gasteiger partial charge is 0.119 e. The number of ether oxygens (including phenoxy) is 1. The molecule has 0 saturated carbocycles. The summed E-state index contributed by atoms with van der Waals surface area (Å²) in [4.78, 5) is 4.92. The van der Waals surface area contributed by atoms with Crippen molar-refractivity contribution in [3.8, 4) is 5.75 Å². The minimum atomic E-state index is 0.339. The van der Waals surface area contributed by atoms with Crippen molar-refractivity contribution < 1.29 is 4.74 Å². The van der Waals surface area contributed by atoms with Crippen LogP contribution in [-0.2, 0) is 0 Å². The van der Waals surface area contributed by atoms with Gasteiger partial charge in [-0.25, -0.2) is 0 Å². The monoisotopic (exact) mass is 291 g/mol. The van der Waals surface area contributed by atoms with Crippen LogP contribution in [0.25, 0.3) is 0 Å². The Labute approximate surface area is 129 Å². The second kappa shape index (κ2) is 7.78. The van der Waals surface area contributed by atoms with Crippen LogP contribution < -0.4 is 10.1 Å². The van der Waals surface area contributed by atoms with Crippen LogP contribution >= 0.6 is 0 Å². The Morgan fingerprint density at radius 3 is 2.57 bits per heavy atom. The molecule has 2 rings (SSSR count). The van der Waals surface area contributed by atoms with Gasteiger partial charge in [0.15, 0.2) is 0 Å². The molecule has 4 nitrogen and oxygen atoms in total. The molecule has 0 bridgehead atoms. The number of hydrogen-bond acceptors (Lipinski definition) is 4. The van der Waals surface area contributed by atoms with Crippen LogP contribution in [0.1, 0.15) is 24.9 Å². The Morgan fingerprint density at radius 1 is 1.24 bits per heavy atom. The van der Waals surface area contributed by atoms with Crippen molar-refractivity contribution in [2.75, 3.05) is 47.4 Å². The first-order valence-corrected chi connectivity index (χ1v) is 7.94. The largest absolute Gasteiger partial charge is 0.494 e. The fraction of sp³-hybridized carbons (Fsp3) is 0.647. The van der Waals surface area contributed by atoms with E-state index in [4.69, 9.17) is 4.74 Å². The summed E-state index contributed by atoms with van der Waals surface area (Å²) in [5.74, 6) is 0.947. The number of nitrogens with one attached hydrogen (secondary N) is 1. The van der Waals surface area contributed by atoms with Crippen molar-refractivity contribution in [1.29, 1.82) is 0 Å². The number of likely N-dealkylation sites (N-methyl/N-ethyl adjacent to an activating group) is 3. The highest BCUT2D eigenvalue weighted by Crippen LogP contribution is 2.24. The number of benzene rings is 1. The van der Waals surface area contributed by atoms with Crippen molar-refractivity contribution >= 4 is 0 Å². The average Bonchev–Trinajstić information content (AvgIpc) is 2.64. The third-order valence-corrected chi connectivity index (χ3v) is 4.36.